The van der Waals surface area contributed by atoms with Crippen molar-refractivity contribution in [1.29, 1.82) is 0 Å². The van der Waals surface area contributed by atoms with Crippen LogP contribution in [0.15, 0.2) is 0 Å². The summed E-state index contributed by atoms with van der Waals surface area (Å²) >= 11 is 1.94. The minimum Gasteiger partial charge on any atom is -0.469 e. The van der Waals surface area contributed by atoms with Crippen molar-refractivity contribution in [2.45, 2.75) is 38.6 Å². The fraction of sp³-hybridized carbons (Fsp3) is 0.909. The van der Waals surface area contributed by atoms with Gasteiger partial charge in [-0.2, -0.15) is 11.8 Å². The van der Waals surface area contributed by atoms with Crippen LogP contribution in [0.2, 0.25) is 0 Å². The van der Waals surface area contributed by atoms with E-state index >= 15 is 0 Å². The molecule has 1 fully saturated rings. The predicted octanol–water partition coefficient (Wildman–Crippen LogP) is 1.80. The van der Waals surface area contributed by atoms with E-state index in [4.69, 9.17) is 10.5 Å². The van der Waals surface area contributed by atoms with Gasteiger partial charge in [0.2, 0.25) is 0 Å². The normalized spacial score (nSPS) is 21.1. The second-order valence-electron chi connectivity index (χ2n) is 4.87. The monoisotopic (exact) mass is 231 g/mol. The van der Waals surface area contributed by atoms with E-state index in [2.05, 4.69) is 0 Å². The molecule has 0 spiro atoms. The zero-order chi connectivity index (χ0) is 11.5. The summed E-state index contributed by atoms with van der Waals surface area (Å²) in [4.78, 5) is 11.4. The first-order chi connectivity index (χ1) is 6.91. The standard InChI is InChI=1S/C11H21NO2S/c1-10(2,12)11(8-9(13)14-3)4-6-15-7-5-11/h4-8,12H2,1-3H3. The summed E-state index contributed by atoms with van der Waals surface area (Å²) in [5, 5.41) is 0. The van der Waals surface area contributed by atoms with Gasteiger partial charge in [0.15, 0.2) is 0 Å². The van der Waals surface area contributed by atoms with Crippen molar-refractivity contribution in [1.82, 2.24) is 0 Å². The highest BCUT2D eigenvalue weighted by Crippen LogP contribution is 2.45. The van der Waals surface area contributed by atoms with E-state index in [0.717, 1.165) is 24.3 Å². The average molecular weight is 231 g/mol. The Morgan fingerprint density at radius 2 is 2.00 bits per heavy atom. The van der Waals surface area contributed by atoms with Crippen molar-refractivity contribution in [3.05, 3.63) is 0 Å². The van der Waals surface area contributed by atoms with Crippen LogP contribution in [0.25, 0.3) is 0 Å². The van der Waals surface area contributed by atoms with Gasteiger partial charge in [-0.25, -0.2) is 0 Å². The molecule has 0 aromatic heterocycles. The van der Waals surface area contributed by atoms with E-state index < -0.39 is 0 Å². The topological polar surface area (TPSA) is 52.3 Å². The molecule has 0 aromatic carbocycles. The lowest BCUT2D eigenvalue weighted by atomic mass is 9.66. The van der Waals surface area contributed by atoms with Gasteiger partial charge in [-0.1, -0.05) is 0 Å². The zero-order valence-corrected chi connectivity index (χ0v) is 10.7. The van der Waals surface area contributed by atoms with Crippen LogP contribution in [0.3, 0.4) is 0 Å². The van der Waals surface area contributed by atoms with Gasteiger partial charge in [-0.05, 0) is 43.6 Å². The fourth-order valence-corrected chi connectivity index (χ4v) is 3.43. The highest BCUT2D eigenvalue weighted by Gasteiger charge is 2.45. The quantitative estimate of drug-likeness (QED) is 0.753. The van der Waals surface area contributed by atoms with E-state index in [9.17, 15) is 4.79 Å². The van der Waals surface area contributed by atoms with Gasteiger partial charge in [0.1, 0.15) is 0 Å². The van der Waals surface area contributed by atoms with E-state index in [1.54, 1.807) is 0 Å². The molecule has 0 radical (unpaired) electrons. The second kappa shape index (κ2) is 4.74. The lowest BCUT2D eigenvalue weighted by Gasteiger charge is -2.46. The van der Waals surface area contributed by atoms with Gasteiger partial charge in [-0.15, -0.1) is 0 Å². The van der Waals surface area contributed by atoms with E-state index in [1.165, 1.54) is 7.11 Å². The molecule has 0 unspecified atom stereocenters. The number of carbonyl (C=O) groups is 1. The maximum Gasteiger partial charge on any atom is 0.306 e. The molecule has 0 aliphatic carbocycles. The largest absolute Gasteiger partial charge is 0.469 e. The van der Waals surface area contributed by atoms with Crippen LogP contribution >= 0.6 is 11.8 Å². The Morgan fingerprint density at radius 3 is 2.40 bits per heavy atom. The number of hydrogen-bond acceptors (Lipinski definition) is 4. The van der Waals surface area contributed by atoms with Crippen LogP contribution in [0.5, 0.6) is 0 Å². The third-order valence-electron chi connectivity index (χ3n) is 3.53. The molecule has 0 aromatic rings. The Balaban J connectivity index is 2.80. The van der Waals surface area contributed by atoms with Crippen molar-refractivity contribution >= 4 is 17.7 Å². The first-order valence-electron chi connectivity index (χ1n) is 5.35. The van der Waals surface area contributed by atoms with Crippen LogP contribution in [-0.2, 0) is 9.53 Å². The molecule has 1 aliphatic heterocycles. The summed E-state index contributed by atoms with van der Waals surface area (Å²) in [6.45, 7) is 4.04. The van der Waals surface area contributed by atoms with E-state index in [1.807, 2.05) is 25.6 Å². The first-order valence-corrected chi connectivity index (χ1v) is 6.50. The van der Waals surface area contributed by atoms with Crippen LogP contribution in [0.1, 0.15) is 33.1 Å². The number of esters is 1. The van der Waals surface area contributed by atoms with Crippen LogP contribution in [0, 0.1) is 5.41 Å². The number of rotatable bonds is 3. The van der Waals surface area contributed by atoms with Gasteiger partial charge in [0.25, 0.3) is 0 Å². The van der Waals surface area contributed by atoms with Gasteiger partial charge >= 0.3 is 5.97 Å². The Hall–Kier alpha value is -0.220. The zero-order valence-electron chi connectivity index (χ0n) is 9.84. The molecular formula is C11H21NO2S. The number of ether oxygens (including phenoxy) is 1. The smallest absolute Gasteiger partial charge is 0.306 e. The average Bonchev–Trinajstić information content (AvgIpc) is 2.17. The molecule has 0 bridgehead atoms. The van der Waals surface area contributed by atoms with E-state index in [0.29, 0.717) is 6.42 Å². The maximum atomic E-state index is 11.4. The molecule has 3 nitrogen and oxygen atoms in total. The molecule has 1 aliphatic rings. The van der Waals surface area contributed by atoms with Crippen molar-refractivity contribution < 1.29 is 9.53 Å². The summed E-state index contributed by atoms with van der Waals surface area (Å²) in [7, 11) is 1.44. The minimum absolute atomic E-state index is 0.0780. The summed E-state index contributed by atoms with van der Waals surface area (Å²) in [5.41, 5.74) is 5.84. The summed E-state index contributed by atoms with van der Waals surface area (Å²) in [5.74, 6) is 2.05. The van der Waals surface area contributed by atoms with Crippen LogP contribution in [0.4, 0.5) is 0 Å². The third-order valence-corrected chi connectivity index (χ3v) is 4.51. The Morgan fingerprint density at radius 1 is 1.47 bits per heavy atom. The highest BCUT2D eigenvalue weighted by molar-refractivity contribution is 7.99. The number of hydrogen-bond donors (Lipinski definition) is 1. The van der Waals surface area contributed by atoms with Crippen LogP contribution in [-0.4, -0.2) is 30.1 Å². The van der Waals surface area contributed by atoms with Gasteiger partial charge < -0.3 is 10.5 Å². The summed E-state index contributed by atoms with van der Waals surface area (Å²) < 4.78 is 4.77. The third kappa shape index (κ3) is 2.88. The molecule has 0 atom stereocenters. The SMILES string of the molecule is COC(=O)CC1(C(C)(C)N)CCSCC1. The molecule has 2 N–H and O–H groups in total. The molecule has 88 valence electrons. The van der Waals surface area contributed by atoms with Crippen molar-refractivity contribution in [2.75, 3.05) is 18.6 Å². The highest BCUT2D eigenvalue weighted by atomic mass is 32.2. The number of carbonyl (C=O) groups excluding carboxylic acids is 1. The molecular weight excluding hydrogens is 210 g/mol. The van der Waals surface area contributed by atoms with Gasteiger partial charge in [-0.3, -0.25) is 4.79 Å². The molecule has 1 saturated heterocycles. The Labute approximate surface area is 96.1 Å². The molecule has 4 heteroatoms. The number of methoxy groups -OCH3 is 1. The minimum atomic E-state index is -0.317. The second-order valence-corrected chi connectivity index (χ2v) is 6.09. The Kier molecular flexibility index (Phi) is 4.06. The number of nitrogens with two attached hydrogens (primary N) is 1. The van der Waals surface area contributed by atoms with Crippen molar-refractivity contribution in [2.24, 2.45) is 11.1 Å². The summed E-state index contributed by atoms with van der Waals surface area (Å²) in [6, 6.07) is 0. The fourth-order valence-electron chi connectivity index (χ4n) is 2.16. The lowest BCUT2D eigenvalue weighted by Crippen LogP contribution is -2.53. The molecule has 1 rings (SSSR count). The Bertz CT molecular complexity index is 229. The van der Waals surface area contributed by atoms with Crippen molar-refractivity contribution in [3.8, 4) is 0 Å². The summed E-state index contributed by atoms with van der Waals surface area (Å²) in [6.07, 6.45) is 2.47. The maximum absolute atomic E-state index is 11.4. The molecule has 15 heavy (non-hydrogen) atoms. The first kappa shape index (κ1) is 12.8. The lowest BCUT2D eigenvalue weighted by molar-refractivity contribution is -0.144. The van der Waals surface area contributed by atoms with Gasteiger partial charge in [0.05, 0.1) is 13.5 Å². The molecule has 1 heterocycles. The van der Waals surface area contributed by atoms with Crippen molar-refractivity contribution in [3.63, 3.8) is 0 Å². The predicted molar refractivity (Wildman–Crippen MR) is 63.9 cm³/mol. The van der Waals surface area contributed by atoms with E-state index in [-0.39, 0.29) is 16.9 Å². The van der Waals surface area contributed by atoms with Gasteiger partial charge in [0, 0.05) is 5.54 Å². The molecule has 0 amide bonds. The van der Waals surface area contributed by atoms with Crippen LogP contribution < -0.4 is 5.73 Å². The number of thioether (sulfide) groups is 1. The molecule has 0 saturated carbocycles.